The van der Waals surface area contributed by atoms with Crippen LogP contribution < -0.4 is 4.72 Å². The van der Waals surface area contributed by atoms with Crippen LogP contribution in [0.25, 0.3) is 5.65 Å². The largest absolute Gasteiger partial charge is 0.306 e. The summed E-state index contributed by atoms with van der Waals surface area (Å²) in [6.45, 7) is 3.35. The van der Waals surface area contributed by atoms with Crippen molar-refractivity contribution in [2.24, 2.45) is 7.05 Å². The minimum Gasteiger partial charge on any atom is -0.306 e. The van der Waals surface area contributed by atoms with Gasteiger partial charge in [0, 0.05) is 25.0 Å². The van der Waals surface area contributed by atoms with Crippen LogP contribution in [0, 0.1) is 13.8 Å². The summed E-state index contributed by atoms with van der Waals surface area (Å²) in [5.41, 5.74) is 1.68. The normalized spacial score (nSPS) is 11.8. The fourth-order valence-corrected chi connectivity index (χ4v) is 3.77. The van der Waals surface area contributed by atoms with Crippen molar-refractivity contribution in [3.8, 4) is 0 Å². The SMILES string of the molecule is Cc1nn(C)c(S(=O)(=O)NC(=O)c2cn3ccccc3n2)c1C. The predicted molar refractivity (Wildman–Crippen MR) is 82.5 cm³/mol. The molecule has 0 aliphatic rings. The summed E-state index contributed by atoms with van der Waals surface area (Å²) < 4.78 is 29.8. The molecule has 0 aliphatic carbocycles. The minimum absolute atomic E-state index is 0.0244. The first-order valence-corrected chi connectivity index (χ1v) is 8.29. The number of nitrogens with zero attached hydrogens (tertiary/aromatic N) is 4. The summed E-state index contributed by atoms with van der Waals surface area (Å²) >= 11 is 0. The first kappa shape index (κ1) is 15.2. The van der Waals surface area contributed by atoms with Crippen LogP contribution in [0.1, 0.15) is 21.7 Å². The molecule has 8 nitrogen and oxygen atoms in total. The maximum Gasteiger partial charge on any atom is 0.285 e. The zero-order chi connectivity index (χ0) is 16.8. The summed E-state index contributed by atoms with van der Waals surface area (Å²) in [5.74, 6) is -0.785. The Hall–Kier alpha value is -2.68. The number of imidazole rings is 1. The van der Waals surface area contributed by atoms with Crippen molar-refractivity contribution in [3.05, 3.63) is 47.5 Å². The molecule has 0 bridgehead atoms. The van der Waals surface area contributed by atoms with E-state index >= 15 is 0 Å². The highest BCUT2D eigenvalue weighted by molar-refractivity contribution is 7.90. The molecule has 3 rings (SSSR count). The van der Waals surface area contributed by atoms with Crippen molar-refractivity contribution >= 4 is 21.6 Å². The molecule has 9 heteroatoms. The van der Waals surface area contributed by atoms with Crippen LogP contribution in [0.2, 0.25) is 0 Å². The number of aryl methyl sites for hydroxylation is 2. The Balaban J connectivity index is 1.95. The maximum absolute atomic E-state index is 12.5. The zero-order valence-electron chi connectivity index (χ0n) is 12.8. The van der Waals surface area contributed by atoms with Gasteiger partial charge in [0.25, 0.3) is 15.9 Å². The molecule has 0 radical (unpaired) electrons. The van der Waals surface area contributed by atoms with E-state index in [1.165, 1.54) is 17.9 Å². The van der Waals surface area contributed by atoms with Crippen molar-refractivity contribution < 1.29 is 13.2 Å². The lowest BCUT2D eigenvalue weighted by Crippen LogP contribution is -2.32. The molecule has 23 heavy (non-hydrogen) atoms. The molecular weight excluding hydrogens is 318 g/mol. The van der Waals surface area contributed by atoms with Crippen LogP contribution >= 0.6 is 0 Å². The molecular formula is C14H15N5O3S. The summed E-state index contributed by atoms with van der Waals surface area (Å²) in [6, 6.07) is 5.29. The average molecular weight is 333 g/mol. The molecule has 0 saturated heterocycles. The van der Waals surface area contributed by atoms with Gasteiger partial charge in [-0.15, -0.1) is 0 Å². The Morgan fingerprint density at radius 1 is 1.26 bits per heavy atom. The molecule has 0 aliphatic heterocycles. The summed E-state index contributed by atoms with van der Waals surface area (Å²) in [4.78, 5) is 16.3. The van der Waals surface area contributed by atoms with Crippen LogP contribution in [0.5, 0.6) is 0 Å². The molecule has 0 fully saturated rings. The van der Waals surface area contributed by atoms with Crippen molar-refractivity contribution in [3.63, 3.8) is 0 Å². The van der Waals surface area contributed by atoms with Crippen LogP contribution in [-0.4, -0.2) is 33.5 Å². The van der Waals surface area contributed by atoms with Crippen molar-refractivity contribution in [1.82, 2.24) is 23.9 Å². The number of rotatable bonds is 3. The number of carbonyl (C=O) groups excluding carboxylic acids is 1. The Morgan fingerprint density at radius 2 is 2.00 bits per heavy atom. The standard InChI is InChI=1S/C14H15N5O3S/c1-9-10(2)16-18(3)14(9)23(21,22)17-13(20)11-8-19-7-5-4-6-12(19)15-11/h4-8H,1-3H3,(H,17,20). The lowest BCUT2D eigenvalue weighted by atomic mass is 10.3. The second-order valence-electron chi connectivity index (χ2n) is 5.17. The van der Waals surface area contributed by atoms with E-state index in [0.29, 0.717) is 16.9 Å². The van der Waals surface area contributed by atoms with E-state index in [0.717, 1.165) is 0 Å². The quantitative estimate of drug-likeness (QED) is 0.764. The van der Waals surface area contributed by atoms with Crippen LogP contribution in [0.3, 0.4) is 0 Å². The Kier molecular flexibility index (Phi) is 3.44. The lowest BCUT2D eigenvalue weighted by molar-refractivity contribution is 0.0977. The molecule has 1 N–H and O–H groups in total. The fourth-order valence-electron chi connectivity index (χ4n) is 2.39. The molecule has 0 spiro atoms. The van der Waals surface area contributed by atoms with E-state index in [1.54, 1.807) is 42.6 Å². The number of hydrogen-bond acceptors (Lipinski definition) is 5. The third-order valence-corrected chi connectivity index (χ3v) is 5.07. The highest BCUT2D eigenvalue weighted by Gasteiger charge is 2.26. The third-order valence-electron chi connectivity index (χ3n) is 3.54. The molecule has 3 aromatic heterocycles. The smallest absolute Gasteiger partial charge is 0.285 e. The van der Waals surface area contributed by atoms with Gasteiger partial charge in [-0.05, 0) is 26.0 Å². The Labute approximate surface area is 132 Å². The lowest BCUT2D eigenvalue weighted by Gasteiger charge is -2.06. The first-order valence-electron chi connectivity index (χ1n) is 6.80. The van der Waals surface area contributed by atoms with Gasteiger partial charge in [-0.25, -0.2) is 9.71 Å². The molecule has 0 unspecified atom stereocenters. The number of hydrogen-bond donors (Lipinski definition) is 1. The van der Waals surface area contributed by atoms with E-state index < -0.39 is 15.9 Å². The molecule has 3 heterocycles. The van der Waals surface area contributed by atoms with E-state index in [-0.39, 0.29) is 10.7 Å². The fraction of sp³-hybridized carbons (Fsp3) is 0.214. The molecule has 0 saturated carbocycles. The van der Waals surface area contributed by atoms with Gasteiger partial charge in [0.2, 0.25) is 0 Å². The zero-order valence-corrected chi connectivity index (χ0v) is 13.6. The topological polar surface area (TPSA) is 98.4 Å². The van der Waals surface area contributed by atoms with E-state index in [9.17, 15) is 13.2 Å². The Morgan fingerprint density at radius 3 is 2.61 bits per heavy atom. The highest BCUT2D eigenvalue weighted by atomic mass is 32.2. The summed E-state index contributed by atoms with van der Waals surface area (Å²) in [7, 11) is -2.52. The van der Waals surface area contributed by atoms with E-state index in [4.69, 9.17) is 0 Å². The average Bonchev–Trinajstić information content (AvgIpc) is 3.00. The van der Waals surface area contributed by atoms with E-state index in [1.807, 2.05) is 4.72 Å². The number of nitrogens with one attached hydrogen (secondary N) is 1. The molecule has 3 aromatic rings. The molecule has 0 aromatic carbocycles. The van der Waals surface area contributed by atoms with Crippen LogP contribution in [0.15, 0.2) is 35.6 Å². The maximum atomic E-state index is 12.5. The van der Waals surface area contributed by atoms with Gasteiger partial charge >= 0.3 is 0 Å². The number of pyridine rings is 1. The third kappa shape index (κ3) is 2.59. The van der Waals surface area contributed by atoms with Crippen molar-refractivity contribution in [2.45, 2.75) is 18.9 Å². The van der Waals surface area contributed by atoms with Gasteiger partial charge in [-0.3, -0.25) is 9.48 Å². The van der Waals surface area contributed by atoms with Gasteiger partial charge < -0.3 is 4.40 Å². The number of carbonyl (C=O) groups is 1. The highest BCUT2D eigenvalue weighted by Crippen LogP contribution is 2.17. The second kappa shape index (κ2) is 5.20. The van der Waals surface area contributed by atoms with Gasteiger partial charge in [-0.2, -0.15) is 13.5 Å². The second-order valence-corrected chi connectivity index (χ2v) is 6.76. The van der Waals surface area contributed by atoms with Gasteiger partial charge in [0.15, 0.2) is 5.03 Å². The first-order chi connectivity index (χ1) is 10.8. The number of fused-ring (bicyclic) bond motifs is 1. The molecule has 0 atom stereocenters. The number of sulfonamides is 1. The Bertz CT molecular complexity index is 983. The van der Waals surface area contributed by atoms with Crippen molar-refractivity contribution in [2.75, 3.05) is 0 Å². The number of amides is 1. The number of aromatic nitrogens is 4. The van der Waals surface area contributed by atoms with Crippen LogP contribution in [-0.2, 0) is 17.1 Å². The molecule has 1 amide bonds. The van der Waals surface area contributed by atoms with Gasteiger partial charge in [-0.1, -0.05) is 6.07 Å². The minimum atomic E-state index is -4.03. The summed E-state index contributed by atoms with van der Waals surface area (Å²) in [5, 5.41) is 4.02. The van der Waals surface area contributed by atoms with Crippen LogP contribution in [0.4, 0.5) is 0 Å². The van der Waals surface area contributed by atoms with Gasteiger partial charge in [0.05, 0.1) is 5.69 Å². The van der Waals surface area contributed by atoms with Gasteiger partial charge in [0.1, 0.15) is 11.3 Å². The predicted octanol–water partition coefficient (Wildman–Crippen LogP) is 0.803. The monoisotopic (exact) mass is 333 g/mol. The van der Waals surface area contributed by atoms with E-state index in [2.05, 4.69) is 10.1 Å². The molecule has 120 valence electrons. The van der Waals surface area contributed by atoms with Crippen molar-refractivity contribution in [1.29, 1.82) is 0 Å². The summed E-state index contributed by atoms with van der Waals surface area (Å²) in [6.07, 6.45) is 3.20.